The number of carbonyl (C=O) groups is 1. The van der Waals surface area contributed by atoms with Crippen molar-refractivity contribution in [1.29, 1.82) is 0 Å². The number of hydrogen-bond donors (Lipinski definition) is 1. The van der Waals surface area contributed by atoms with Crippen LogP contribution in [0.15, 0.2) is 12.4 Å². The minimum atomic E-state index is -0.771. The van der Waals surface area contributed by atoms with Crippen molar-refractivity contribution in [3.05, 3.63) is 12.4 Å². The Bertz CT molecular complexity index is 741. The molecule has 1 aliphatic carbocycles. The minimum absolute atomic E-state index is 0.245. The Hall–Kier alpha value is -2.13. The summed E-state index contributed by atoms with van der Waals surface area (Å²) in [4.78, 5) is 29.2. The zero-order chi connectivity index (χ0) is 19.8. The summed E-state index contributed by atoms with van der Waals surface area (Å²) in [5.74, 6) is 1.97. The first kappa shape index (κ1) is 18.9. The number of nitrogens with zero attached hydrogens (tertiary/aromatic N) is 6. The van der Waals surface area contributed by atoms with Gasteiger partial charge in [-0.1, -0.05) is 0 Å². The number of hydrogen-bond acceptors (Lipinski definition) is 7. The van der Waals surface area contributed by atoms with E-state index in [4.69, 9.17) is 9.84 Å². The van der Waals surface area contributed by atoms with Crippen molar-refractivity contribution < 1.29 is 14.6 Å². The molecule has 3 saturated heterocycles. The monoisotopic (exact) mass is 402 g/mol. The van der Waals surface area contributed by atoms with Gasteiger partial charge in [-0.25, -0.2) is 14.8 Å². The van der Waals surface area contributed by atoms with Crippen LogP contribution in [0.25, 0.3) is 0 Å². The second-order valence-corrected chi connectivity index (χ2v) is 8.86. The maximum atomic E-state index is 11.1. The van der Waals surface area contributed by atoms with Gasteiger partial charge in [0.15, 0.2) is 11.6 Å². The van der Waals surface area contributed by atoms with Crippen LogP contribution in [0.5, 0.6) is 0 Å². The van der Waals surface area contributed by atoms with Crippen LogP contribution in [0.3, 0.4) is 0 Å². The zero-order valence-corrected chi connectivity index (χ0v) is 16.9. The van der Waals surface area contributed by atoms with E-state index in [1.54, 1.807) is 17.3 Å². The van der Waals surface area contributed by atoms with E-state index in [-0.39, 0.29) is 5.41 Å². The molecule has 0 radical (unpaired) electrons. The molecule has 5 rings (SSSR count). The SMILES string of the molecule is O=C(O)N1CC2(CC[C@@H](N3CCN(c4nccnc4N4CCOCC4)CC3)C2)C1. The molecule has 4 aliphatic rings. The highest BCUT2D eigenvalue weighted by molar-refractivity contribution is 5.66. The zero-order valence-electron chi connectivity index (χ0n) is 16.9. The Morgan fingerprint density at radius 3 is 2.24 bits per heavy atom. The molecule has 1 saturated carbocycles. The number of aromatic nitrogens is 2. The summed E-state index contributed by atoms with van der Waals surface area (Å²) in [5, 5.41) is 9.13. The van der Waals surface area contributed by atoms with Crippen molar-refractivity contribution in [2.75, 3.05) is 75.4 Å². The Morgan fingerprint density at radius 2 is 1.62 bits per heavy atom. The molecule has 4 heterocycles. The molecule has 1 aromatic heterocycles. The lowest BCUT2D eigenvalue weighted by molar-refractivity contribution is 0.00903. The van der Waals surface area contributed by atoms with Crippen LogP contribution in [-0.2, 0) is 4.74 Å². The third-order valence-electron chi connectivity index (χ3n) is 7.10. The molecule has 9 heteroatoms. The van der Waals surface area contributed by atoms with E-state index >= 15 is 0 Å². The molecule has 9 nitrogen and oxygen atoms in total. The highest BCUT2D eigenvalue weighted by Crippen LogP contribution is 2.47. The fraction of sp³-hybridized carbons (Fsp3) is 0.750. The number of morpholine rings is 1. The Kier molecular flexibility index (Phi) is 4.95. The van der Waals surface area contributed by atoms with Gasteiger partial charge in [0.2, 0.25) is 0 Å². The average Bonchev–Trinajstić information content (AvgIpc) is 3.19. The van der Waals surface area contributed by atoms with Gasteiger partial charge in [0, 0.05) is 76.2 Å². The largest absolute Gasteiger partial charge is 0.465 e. The number of piperazine rings is 1. The second-order valence-electron chi connectivity index (χ2n) is 8.86. The third-order valence-corrected chi connectivity index (χ3v) is 7.10. The topological polar surface area (TPSA) is 85.3 Å². The van der Waals surface area contributed by atoms with Gasteiger partial charge in [0.25, 0.3) is 0 Å². The third kappa shape index (κ3) is 3.61. The number of rotatable bonds is 3. The molecule has 158 valence electrons. The van der Waals surface area contributed by atoms with Crippen LogP contribution in [-0.4, -0.2) is 103 Å². The molecule has 1 atom stereocenters. The van der Waals surface area contributed by atoms with Crippen LogP contribution in [0, 0.1) is 5.41 Å². The van der Waals surface area contributed by atoms with E-state index in [9.17, 15) is 4.79 Å². The first-order valence-corrected chi connectivity index (χ1v) is 10.7. The number of ether oxygens (including phenoxy) is 1. The van der Waals surface area contributed by atoms with Gasteiger partial charge in [-0.05, 0) is 19.3 Å². The average molecular weight is 402 g/mol. The Balaban J connectivity index is 1.18. The lowest BCUT2D eigenvalue weighted by Crippen LogP contribution is -2.58. The molecule has 3 aliphatic heterocycles. The smallest absolute Gasteiger partial charge is 0.407 e. The van der Waals surface area contributed by atoms with Crippen LogP contribution in [0.2, 0.25) is 0 Å². The summed E-state index contributed by atoms with van der Waals surface area (Å²) in [5.41, 5.74) is 0.245. The summed E-state index contributed by atoms with van der Waals surface area (Å²) in [6, 6.07) is 0.591. The van der Waals surface area contributed by atoms with Gasteiger partial charge in [-0.3, -0.25) is 4.90 Å². The first-order chi connectivity index (χ1) is 14.1. The molecule has 1 spiro atoms. The fourth-order valence-electron chi connectivity index (χ4n) is 5.52. The maximum absolute atomic E-state index is 11.1. The van der Waals surface area contributed by atoms with E-state index in [1.165, 1.54) is 6.42 Å². The van der Waals surface area contributed by atoms with Gasteiger partial charge < -0.3 is 24.5 Å². The molecule has 1 amide bonds. The van der Waals surface area contributed by atoms with E-state index < -0.39 is 6.09 Å². The lowest BCUT2D eigenvalue weighted by Gasteiger charge is -2.47. The first-order valence-electron chi connectivity index (χ1n) is 10.7. The van der Waals surface area contributed by atoms with Crippen LogP contribution in [0.4, 0.5) is 16.4 Å². The standard InChI is InChI=1S/C20H30N6O3/c27-19(28)26-14-20(15-26)2-1-16(13-20)23-5-7-24(8-6-23)17-18(22-4-3-21-17)25-9-11-29-12-10-25/h3-4,16H,1-2,5-15H2,(H,27,28)/t16-/m1/s1. The van der Waals surface area contributed by atoms with Crippen molar-refractivity contribution in [3.8, 4) is 0 Å². The Labute approximate surface area is 171 Å². The molecule has 0 unspecified atom stereocenters. The fourth-order valence-corrected chi connectivity index (χ4v) is 5.52. The molecule has 1 N–H and O–H groups in total. The van der Waals surface area contributed by atoms with Gasteiger partial charge in [-0.2, -0.15) is 0 Å². The quantitative estimate of drug-likeness (QED) is 0.801. The number of likely N-dealkylation sites (tertiary alicyclic amines) is 1. The second kappa shape index (κ2) is 7.60. The predicted molar refractivity (Wildman–Crippen MR) is 109 cm³/mol. The maximum Gasteiger partial charge on any atom is 0.407 e. The summed E-state index contributed by atoms with van der Waals surface area (Å²) < 4.78 is 5.48. The molecule has 29 heavy (non-hydrogen) atoms. The van der Waals surface area contributed by atoms with Crippen molar-refractivity contribution in [2.24, 2.45) is 5.41 Å². The van der Waals surface area contributed by atoms with Gasteiger partial charge in [0.05, 0.1) is 13.2 Å². The van der Waals surface area contributed by atoms with Crippen molar-refractivity contribution in [2.45, 2.75) is 25.3 Å². The number of carboxylic acid groups (broad SMARTS) is 1. The van der Waals surface area contributed by atoms with E-state index in [0.29, 0.717) is 6.04 Å². The molecular formula is C20H30N6O3. The summed E-state index contributed by atoms with van der Waals surface area (Å²) >= 11 is 0. The summed E-state index contributed by atoms with van der Waals surface area (Å²) in [6.45, 7) is 8.64. The normalized spacial score (nSPS) is 27.3. The highest BCUT2D eigenvalue weighted by atomic mass is 16.5. The van der Waals surface area contributed by atoms with Crippen molar-refractivity contribution in [3.63, 3.8) is 0 Å². The lowest BCUT2D eigenvalue weighted by atomic mass is 9.78. The Morgan fingerprint density at radius 1 is 1.00 bits per heavy atom. The number of amides is 1. The van der Waals surface area contributed by atoms with Crippen LogP contribution < -0.4 is 9.80 Å². The van der Waals surface area contributed by atoms with Crippen molar-refractivity contribution >= 4 is 17.7 Å². The molecule has 1 aromatic rings. The van der Waals surface area contributed by atoms with E-state index in [0.717, 1.165) is 90.0 Å². The molecule has 0 aromatic carbocycles. The summed E-state index contributed by atoms with van der Waals surface area (Å²) in [7, 11) is 0. The van der Waals surface area contributed by atoms with Crippen LogP contribution >= 0.6 is 0 Å². The number of anilines is 2. The molecular weight excluding hydrogens is 372 g/mol. The van der Waals surface area contributed by atoms with E-state index in [2.05, 4.69) is 24.7 Å². The van der Waals surface area contributed by atoms with Crippen LogP contribution in [0.1, 0.15) is 19.3 Å². The molecule has 4 fully saturated rings. The van der Waals surface area contributed by atoms with Gasteiger partial charge >= 0.3 is 6.09 Å². The molecule has 0 bridgehead atoms. The van der Waals surface area contributed by atoms with Crippen molar-refractivity contribution in [1.82, 2.24) is 19.8 Å². The minimum Gasteiger partial charge on any atom is -0.465 e. The van der Waals surface area contributed by atoms with Gasteiger partial charge in [0.1, 0.15) is 0 Å². The van der Waals surface area contributed by atoms with E-state index in [1.807, 2.05) is 0 Å². The highest BCUT2D eigenvalue weighted by Gasteiger charge is 2.50. The van der Waals surface area contributed by atoms with Gasteiger partial charge in [-0.15, -0.1) is 0 Å². The summed E-state index contributed by atoms with van der Waals surface area (Å²) in [6.07, 6.45) is 6.29. The predicted octanol–water partition coefficient (Wildman–Crippen LogP) is 0.968.